The van der Waals surface area contributed by atoms with Gasteiger partial charge in [0.2, 0.25) is 4.73 Å². The average Bonchev–Trinajstić information content (AvgIpc) is 1.69. The lowest BCUT2D eigenvalue weighted by Gasteiger charge is -2.38. The molecule has 4 saturated heterocycles. The Hall–Kier alpha value is -10.8. The Kier molecular flexibility index (Phi) is 32.3. The van der Waals surface area contributed by atoms with Crippen molar-refractivity contribution in [3.63, 3.8) is 0 Å². The summed E-state index contributed by atoms with van der Waals surface area (Å²) in [5.41, 5.74) is 5.15. The Morgan fingerprint density at radius 2 is 0.647 bits per heavy atom. The van der Waals surface area contributed by atoms with Crippen molar-refractivity contribution in [2.24, 2.45) is 70.8 Å². The summed E-state index contributed by atoms with van der Waals surface area (Å²) in [6, 6.07) is 22.8. The summed E-state index contributed by atoms with van der Waals surface area (Å²) in [5, 5.41) is 30.5. The number of piperidine rings is 4. The Balaban J connectivity index is 0.000000153. The number of nitrogens with one attached hydrogen (secondary N) is 1. The number of nitriles is 1. The average molecular weight is 1950 g/mol. The van der Waals surface area contributed by atoms with Gasteiger partial charge in [-0.25, -0.2) is 28.3 Å². The lowest BCUT2D eigenvalue weighted by atomic mass is 9.82. The predicted molar refractivity (Wildman–Crippen MR) is 462 cm³/mol. The maximum Gasteiger partial charge on any atom is 0.573 e. The third-order valence-electron chi connectivity index (χ3n) is 24.2. The molecular weight excluding hydrogens is 1830 g/mol. The quantitative estimate of drug-likeness (QED) is 0.0470. The van der Waals surface area contributed by atoms with E-state index in [1.54, 1.807) is 37.1 Å². The minimum atomic E-state index is -4.84. The van der Waals surface area contributed by atoms with Crippen LogP contribution in [0.5, 0.6) is 70.0 Å². The Morgan fingerprint density at radius 3 is 0.925 bits per heavy atom. The van der Waals surface area contributed by atoms with E-state index in [9.17, 15) is 67.5 Å². The van der Waals surface area contributed by atoms with Crippen LogP contribution in [0.1, 0.15) is 190 Å². The minimum Gasteiger partial charge on any atom is -0.444 e. The van der Waals surface area contributed by atoms with Crippen molar-refractivity contribution in [1.82, 2.24) is 79.1 Å². The van der Waals surface area contributed by atoms with Crippen molar-refractivity contribution in [3.05, 3.63) is 119 Å². The first-order chi connectivity index (χ1) is 62.4. The van der Waals surface area contributed by atoms with Crippen LogP contribution in [0.2, 0.25) is 0 Å². The first kappa shape index (κ1) is 101. The zero-order valence-electron chi connectivity index (χ0n) is 76.5. The molecule has 43 heteroatoms. The standard InChI is InChI=1S/C25H33F3N4O4.C21H24F3N5O2.C20H25F3N4O2.C12H11BrF3N3O2.C12H22N2O2/c1-15(2)32-22(34-19-8-6-7-9-20(19)35-25(26,27)28)29-21(30-32)12-18-16-10-11-17(18)14-31(13-16)23(33)36-24(3,4)5;1-13(2)29-20(30-17-5-3-4-6-18(17)31-21(22,23)24)26-19(27-29)9-16-14-7-8-15(16)11-28(10-14)12-25;1-12(2)27-19(28-16-5-3-4-6-17(16)29-20(21,22)23)25-18(26-27)9-15-13-7-8-14(15)11-24-10-13;1-7(2)19-11(17-10(13)18-19)20-8-5-3-4-6-9(8)21-12(14,15)16;1-12(2,3)16-11(15)14-6-8-4-5-9(7-14)10(8)13/h6-9,15-18H,10-14H2,1-5H3;3-6,13-16H,7-11H2,1-2H3;3-6,12-15,24H,7-11H2,1-2H3;3-7H,1-2H3;8-10H,4-7,13H2,1-3H3/t16-,17+,18?;14-,15+,16?;13-,14+,15?;;8-,9+,10?. The van der Waals surface area contributed by atoms with E-state index in [4.69, 9.17) is 34.2 Å². The Bertz CT molecular complexity index is 5180. The SMILES string of the molecule is CC(C)(C)OC(=O)N1C[C@H]2CC[C@@H](C1)C2N.CC(C)n1nc(Br)nc1Oc1ccccc1OC(F)(F)F.CC(C)n1nc(CC2[C@@H]3CC[C@H]2CN(C#N)C3)nc1Oc1ccccc1OC(F)(F)F.CC(C)n1nc(CC2[C@@H]3CC[C@H]2CN(C(=O)OC(C)(C)C)C3)nc1Oc1ccccc1OC(F)(F)F.CC(C)n1nc(CC2[C@@H]3CC[C@H]2CNC3)nc1Oc1ccccc1OC(F)(F)F. The zero-order valence-corrected chi connectivity index (χ0v) is 78.0. The van der Waals surface area contributed by atoms with Gasteiger partial charge in [0, 0.05) is 64.6 Å². The number of likely N-dealkylation sites (tertiary alicyclic amines) is 3. The van der Waals surface area contributed by atoms with Gasteiger partial charge in [-0.3, -0.25) is 0 Å². The molecule has 8 heterocycles. The summed E-state index contributed by atoms with van der Waals surface area (Å²) in [5.74, 6) is 4.71. The number of nitrogens with zero attached hydrogens (tertiary/aromatic N) is 16. The highest BCUT2D eigenvalue weighted by atomic mass is 79.9. The van der Waals surface area contributed by atoms with Gasteiger partial charge in [0.1, 0.15) is 11.2 Å². The number of carbonyl (C=O) groups is 2. The highest BCUT2D eigenvalue weighted by molar-refractivity contribution is 9.10. The van der Waals surface area contributed by atoms with Gasteiger partial charge in [-0.2, -0.15) is 40.5 Å². The van der Waals surface area contributed by atoms with E-state index in [2.05, 4.69) is 86.7 Å². The summed E-state index contributed by atoms with van der Waals surface area (Å²) in [6.45, 7) is 32.8. The van der Waals surface area contributed by atoms with Crippen molar-refractivity contribution >= 4 is 28.1 Å². The van der Waals surface area contributed by atoms with Crippen LogP contribution in [0.15, 0.2) is 102 Å². The highest BCUT2D eigenvalue weighted by Gasteiger charge is 2.48. The predicted octanol–water partition coefficient (Wildman–Crippen LogP) is 20.8. The molecule has 30 nitrogen and oxygen atoms in total. The van der Waals surface area contributed by atoms with Crippen molar-refractivity contribution in [1.29, 1.82) is 5.26 Å². The van der Waals surface area contributed by atoms with E-state index in [0.29, 0.717) is 115 Å². The van der Waals surface area contributed by atoms with E-state index in [-0.39, 0.29) is 88.1 Å². The molecular formula is C90H115BrF12N18O12. The van der Waals surface area contributed by atoms with Crippen LogP contribution in [-0.4, -0.2) is 181 Å². The van der Waals surface area contributed by atoms with E-state index < -0.39 is 59.6 Å². The van der Waals surface area contributed by atoms with Gasteiger partial charge in [0.25, 0.3) is 0 Å². The molecule has 4 aromatic carbocycles. The number of halogens is 13. The van der Waals surface area contributed by atoms with Crippen LogP contribution < -0.4 is 48.9 Å². The normalized spacial score (nSPS) is 22.6. The fraction of sp³-hybridized carbons (Fsp3) is 0.611. The molecule has 0 spiro atoms. The molecule has 4 aliphatic carbocycles. The first-order valence-electron chi connectivity index (χ1n) is 44.6. The van der Waals surface area contributed by atoms with Crippen LogP contribution >= 0.6 is 15.9 Å². The van der Waals surface area contributed by atoms with Gasteiger partial charge >= 0.3 is 61.7 Å². The summed E-state index contributed by atoms with van der Waals surface area (Å²) >= 11 is 3.10. The van der Waals surface area contributed by atoms with Gasteiger partial charge < -0.3 is 73.1 Å². The molecule has 4 unspecified atom stereocenters. The van der Waals surface area contributed by atoms with Crippen molar-refractivity contribution in [3.8, 4) is 76.2 Å². The van der Waals surface area contributed by atoms with Crippen LogP contribution in [0.4, 0.5) is 62.3 Å². The van der Waals surface area contributed by atoms with E-state index in [1.165, 1.54) is 90.3 Å². The van der Waals surface area contributed by atoms with E-state index in [1.807, 2.05) is 107 Å². The summed E-state index contributed by atoms with van der Waals surface area (Å²) in [4.78, 5) is 47.5. The molecule has 133 heavy (non-hydrogen) atoms. The number of nitrogens with two attached hydrogens (primary N) is 1. The van der Waals surface area contributed by atoms with Crippen molar-refractivity contribution in [2.75, 3.05) is 52.4 Å². The molecule has 8 bridgehead atoms. The minimum absolute atomic E-state index is 0.0485. The fourth-order valence-corrected chi connectivity index (χ4v) is 18.7. The summed E-state index contributed by atoms with van der Waals surface area (Å²) in [7, 11) is 0. The van der Waals surface area contributed by atoms with Crippen LogP contribution in [0.25, 0.3) is 0 Å². The number of ether oxygens (including phenoxy) is 10. The topological polar surface area (TPSA) is 321 Å². The molecule has 4 aliphatic heterocycles. The molecule has 0 radical (unpaired) electrons. The molecule has 8 fully saturated rings. The van der Waals surface area contributed by atoms with E-state index >= 15 is 0 Å². The maximum absolute atomic E-state index is 12.8. The molecule has 728 valence electrons. The molecule has 8 aliphatic rings. The van der Waals surface area contributed by atoms with Gasteiger partial charge in [0.05, 0.1) is 24.2 Å². The summed E-state index contributed by atoms with van der Waals surface area (Å²) < 4.78 is 208. The van der Waals surface area contributed by atoms with Gasteiger partial charge in [0.15, 0.2) is 69.7 Å². The van der Waals surface area contributed by atoms with Gasteiger partial charge in [-0.15, -0.1) is 57.8 Å². The van der Waals surface area contributed by atoms with E-state index in [0.717, 1.165) is 90.3 Å². The number of hydrogen-bond donors (Lipinski definition) is 2. The first-order valence-corrected chi connectivity index (χ1v) is 45.4. The molecule has 16 rings (SSSR count). The highest BCUT2D eigenvalue weighted by Crippen LogP contribution is 2.49. The molecule has 8 aromatic rings. The number of fused-ring (bicyclic) bond motifs is 8. The third-order valence-corrected chi connectivity index (χ3v) is 24.5. The number of hydrogen-bond acceptors (Lipinski definition) is 24. The van der Waals surface area contributed by atoms with Crippen LogP contribution in [0, 0.1) is 76.6 Å². The molecule has 4 aromatic heterocycles. The van der Waals surface area contributed by atoms with Crippen molar-refractivity contribution in [2.45, 2.75) is 234 Å². The number of aromatic nitrogens is 12. The summed E-state index contributed by atoms with van der Waals surface area (Å²) in [6.07, 6.45) is -6.49. The molecule has 3 N–H and O–H groups in total. The number of amides is 2. The third kappa shape index (κ3) is 28.2. The lowest BCUT2D eigenvalue weighted by Crippen LogP contribution is -2.51. The van der Waals surface area contributed by atoms with Crippen molar-refractivity contribution < 1.29 is 110 Å². The number of carbonyl (C=O) groups excluding carboxylic acids is 2. The second-order valence-corrected chi connectivity index (χ2v) is 38.3. The Morgan fingerprint density at radius 1 is 0.398 bits per heavy atom. The molecule has 4 saturated carbocycles. The second-order valence-electron chi connectivity index (χ2n) is 37.6. The second kappa shape index (κ2) is 42.4. The van der Waals surface area contributed by atoms with Crippen LogP contribution in [-0.2, 0) is 28.7 Å². The smallest absolute Gasteiger partial charge is 0.444 e. The largest absolute Gasteiger partial charge is 0.573 e. The monoisotopic (exact) mass is 1950 g/mol. The van der Waals surface area contributed by atoms with Crippen LogP contribution in [0.3, 0.4) is 0 Å². The lowest BCUT2D eigenvalue weighted by molar-refractivity contribution is -0.276. The fourth-order valence-electron chi connectivity index (χ4n) is 18.4. The number of alkyl halides is 12. The number of benzene rings is 4. The Labute approximate surface area is 771 Å². The van der Waals surface area contributed by atoms with Gasteiger partial charge in [-0.05, 0) is 291 Å². The molecule has 12 atom stereocenters. The maximum atomic E-state index is 12.8. The van der Waals surface area contributed by atoms with Gasteiger partial charge in [-0.1, -0.05) is 48.5 Å². The zero-order chi connectivity index (χ0) is 96.6. The number of rotatable bonds is 22. The number of para-hydroxylation sites is 8. The molecule has 2 amide bonds.